The maximum Gasteiger partial charge on any atom is 0.317 e. The van der Waals surface area contributed by atoms with Gasteiger partial charge in [0.2, 0.25) is 0 Å². The predicted molar refractivity (Wildman–Crippen MR) is 64.5 cm³/mol. The van der Waals surface area contributed by atoms with Crippen molar-refractivity contribution >= 4 is 6.03 Å². The van der Waals surface area contributed by atoms with Gasteiger partial charge in [0.05, 0.1) is 12.6 Å². The highest BCUT2D eigenvalue weighted by Gasteiger charge is 2.16. The van der Waals surface area contributed by atoms with E-state index in [1.54, 1.807) is 0 Å². The first-order valence-corrected chi connectivity index (χ1v) is 6.37. The first kappa shape index (κ1) is 13.3. The van der Waals surface area contributed by atoms with E-state index in [2.05, 4.69) is 5.32 Å². The second kappa shape index (κ2) is 7.49. The predicted octanol–water partition coefficient (Wildman–Crippen LogP) is 2.00. The number of hydrogen-bond acceptors (Lipinski definition) is 2. The molecule has 4 nitrogen and oxygen atoms in total. The van der Waals surface area contributed by atoms with Crippen LogP contribution in [0.25, 0.3) is 0 Å². The molecule has 0 aromatic carbocycles. The van der Waals surface area contributed by atoms with Gasteiger partial charge in [0.1, 0.15) is 0 Å². The van der Waals surface area contributed by atoms with E-state index in [4.69, 9.17) is 4.74 Å². The average molecular weight is 228 g/mol. The van der Waals surface area contributed by atoms with E-state index in [0.717, 1.165) is 25.9 Å². The molecule has 0 saturated carbocycles. The number of carbonyl (C=O) groups excluding carboxylic acids is 1. The molecule has 0 spiro atoms. The zero-order valence-electron chi connectivity index (χ0n) is 10.5. The van der Waals surface area contributed by atoms with Crippen LogP contribution in [0.4, 0.5) is 4.79 Å². The minimum atomic E-state index is 0.0640. The largest absolute Gasteiger partial charge is 0.380 e. The third kappa shape index (κ3) is 4.84. The third-order valence-electron chi connectivity index (χ3n) is 2.84. The Balaban J connectivity index is 2.26. The van der Waals surface area contributed by atoms with Gasteiger partial charge < -0.3 is 15.0 Å². The van der Waals surface area contributed by atoms with Crippen molar-refractivity contribution in [3.8, 4) is 0 Å². The topological polar surface area (TPSA) is 41.6 Å². The number of likely N-dealkylation sites (tertiary alicyclic amines) is 1. The van der Waals surface area contributed by atoms with Crippen molar-refractivity contribution in [2.45, 2.75) is 45.6 Å². The summed E-state index contributed by atoms with van der Waals surface area (Å²) >= 11 is 0. The van der Waals surface area contributed by atoms with Crippen molar-refractivity contribution < 1.29 is 9.53 Å². The van der Waals surface area contributed by atoms with E-state index < -0.39 is 0 Å². The number of nitrogens with one attached hydrogen (secondary N) is 1. The van der Waals surface area contributed by atoms with Crippen LogP contribution < -0.4 is 5.32 Å². The molecule has 1 aliphatic heterocycles. The molecule has 4 heteroatoms. The lowest BCUT2D eigenvalue weighted by Gasteiger charge is -2.23. The Kier molecular flexibility index (Phi) is 6.23. The monoisotopic (exact) mass is 228 g/mol. The smallest absolute Gasteiger partial charge is 0.317 e. The van der Waals surface area contributed by atoms with Crippen LogP contribution in [0.5, 0.6) is 0 Å². The summed E-state index contributed by atoms with van der Waals surface area (Å²) in [5, 5.41) is 2.97. The van der Waals surface area contributed by atoms with Crippen molar-refractivity contribution in [2.24, 2.45) is 0 Å². The van der Waals surface area contributed by atoms with Gasteiger partial charge in [0, 0.05) is 19.7 Å². The fraction of sp³-hybridized carbons (Fsp3) is 0.917. The third-order valence-corrected chi connectivity index (χ3v) is 2.84. The molecule has 1 fully saturated rings. The van der Waals surface area contributed by atoms with Crippen molar-refractivity contribution in [3.05, 3.63) is 0 Å². The van der Waals surface area contributed by atoms with Gasteiger partial charge >= 0.3 is 6.03 Å². The van der Waals surface area contributed by atoms with Gasteiger partial charge in [-0.15, -0.1) is 0 Å². The van der Waals surface area contributed by atoms with Gasteiger partial charge in [0.15, 0.2) is 0 Å². The second-order valence-corrected chi connectivity index (χ2v) is 4.41. The maximum absolute atomic E-state index is 11.9. The standard InChI is InChI=1S/C12H24N2O2/c1-3-16-10-11(2)13-12(15)14-8-6-4-5-7-9-14/h11H,3-10H2,1-2H3,(H,13,15). The summed E-state index contributed by atoms with van der Waals surface area (Å²) in [7, 11) is 0. The van der Waals surface area contributed by atoms with Crippen LogP contribution in [-0.2, 0) is 4.74 Å². The minimum Gasteiger partial charge on any atom is -0.380 e. The van der Waals surface area contributed by atoms with Gasteiger partial charge in [-0.1, -0.05) is 12.8 Å². The van der Waals surface area contributed by atoms with Gasteiger partial charge in [-0.05, 0) is 26.7 Å². The molecule has 1 saturated heterocycles. The van der Waals surface area contributed by atoms with Crippen LogP contribution in [0.15, 0.2) is 0 Å². The highest BCUT2D eigenvalue weighted by atomic mass is 16.5. The first-order valence-electron chi connectivity index (χ1n) is 6.37. The highest BCUT2D eigenvalue weighted by molar-refractivity contribution is 5.74. The summed E-state index contributed by atoms with van der Waals surface area (Å²) in [6.07, 6.45) is 4.76. The molecule has 1 rings (SSSR count). The molecule has 1 atom stereocenters. The molecule has 0 bridgehead atoms. The van der Waals surface area contributed by atoms with Gasteiger partial charge in [-0.25, -0.2) is 4.79 Å². The van der Waals surface area contributed by atoms with E-state index >= 15 is 0 Å². The number of amides is 2. The summed E-state index contributed by atoms with van der Waals surface area (Å²) in [5.74, 6) is 0. The molecule has 2 amide bonds. The van der Waals surface area contributed by atoms with Crippen molar-refractivity contribution in [2.75, 3.05) is 26.3 Å². The Labute approximate surface area is 98.3 Å². The normalized spacial score (nSPS) is 19.0. The molecular weight excluding hydrogens is 204 g/mol. The highest BCUT2D eigenvalue weighted by Crippen LogP contribution is 2.09. The minimum absolute atomic E-state index is 0.0640. The Morgan fingerprint density at radius 1 is 1.31 bits per heavy atom. The SMILES string of the molecule is CCOCC(C)NC(=O)N1CCCCCC1. The van der Waals surface area contributed by atoms with Crippen LogP contribution in [0.3, 0.4) is 0 Å². The summed E-state index contributed by atoms with van der Waals surface area (Å²) < 4.78 is 5.27. The summed E-state index contributed by atoms with van der Waals surface area (Å²) in [4.78, 5) is 13.8. The van der Waals surface area contributed by atoms with Gasteiger partial charge in [0.25, 0.3) is 0 Å². The summed E-state index contributed by atoms with van der Waals surface area (Å²) in [5.41, 5.74) is 0. The van der Waals surface area contributed by atoms with Crippen LogP contribution in [0, 0.1) is 0 Å². The summed E-state index contributed by atoms with van der Waals surface area (Å²) in [6, 6.07) is 0.157. The number of rotatable bonds is 4. The number of nitrogens with zero attached hydrogens (tertiary/aromatic N) is 1. The molecule has 94 valence electrons. The van der Waals surface area contributed by atoms with Crippen LogP contribution in [0.1, 0.15) is 39.5 Å². The molecule has 0 radical (unpaired) electrons. The number of ether oxygens (including phenoxy) is 1. The van der Waals surface area contributed by atoms with Crippen molar-refractivity contribution in [1.29, 1.82) is 0 Å². The molecule has 16 heavy (non-hydrogen) atoms. The average Bonchev–Trinajstić information content (AvgIpc) is 2.54. The molecule has 0 aromatic heterocycles. The number of hydrogen-bond donors (Lipinski definition) is 1. The fourth-order valence-electron chi connectivity index (χ4n) is 1.91. The molecule has 1 unspecified atom stereocenters. The zero-order valence-corrected chi connectivity index (χ0v) is 10.5. The Morgan fingerprint density at radius 3 is 2.50 bits per heavy atom. The Morgan fingerprint density at radius 2 is 1.94 bits per heavy atom. The van der Waals surface area contributed by atoms with Crippen LogP contribution in [-0.4, -0.2) is 43.3 Å². The quantitative estimate of drug-likeness (QED) is 0.799. The second-order valence-electron chi connectivity index (χ2n) is 4.41. The first-order chi connectivity index (χ1) is 7.74. The van der Waals surface area contributed by atoms with Crippen molar-refractivity contribution in [3.63, 3.8) is 0 Å². The number of urea groups is 1. The van der Waals surface area contributed by atoms with E-state index in [0.29, 0.717) is 13.2 Å². The Hall–Kier alpha value is -0.770. The van der Waals surface area contributed by atoms with Gasteiger partial charge in [-0.3, -0.25) is 0 Å². The zero-order chi connectivity index (χ0) is 11.8. The number of carbonyl (C=O) groups is 1. The molecule has 0 aromatic rings. The fourth-order valence-corrected chi connectivity index (χ4v) is 1.91. The molecule has 1 N–H and O–H groups in total. The lowest BCUT2D eigenvalue weighted by Crippen LogP contribution is -2.45. The molecule has 0 aliphatic carbocycles. The van der Waals surface area contributed by atoms with E-state index in [-0.39, 0.29) is 12.1 Å². The van der Waals surface area contributed by atoms with Crippen molar-refractivity contribution in [1.82, 2.24) is 10.2 Å². The van der Waals surface area contributed by atoms with E-state index in [1.165, 1.54) is 12.8 Å². The lowest BCUT2D eigenvalue weighted by atomic mass is 10.2. The van der Waals surface area contributed by atoms with E-state index in [9.17, 15) is 4.79 Å². The molecular formula is C12H24N2O2. The Bertz CT molecular complexity index is 201. The molecule has 1 aliphatic rings. The maximum atomic E-state index is 11.9. The van der Waals surface area contributed by atoms with Crippen LogP contribution in [0.2, 0.25) is 0 Å². The lowest BCUT2D eigenvalue weighted by molar-refractivity contribution is 0.124. The van der Waals surface area contributed by atoms with Gasteiger partial charge in [-0.2, -0.15) is 0 Å². The summed E-state index contributed by atoms with van der Waals surface area (Å²) in [6.45, 7) is 7.02. The molecule has 1 heterocycles. The van der Waals surface area contributed by atoms with E-state index in [1.807, 2.05) is 18.7 Å². The van der Waals surface area contributed by atoms with Crippen LogP contribution >= 0.6 is 0 Å².